The topological polar surface area (TPSA) is 26.0 Å². The van der Waals surface area contributed by atoms with Crippen molar-refractivity contribution in [3.05, 3.63) is 47.0 Å². The van der Waals surface area contributed by atoms with Crippen molar-refractivity contribution in [3.8, 4) is 0 Å². The first-order valence-corrected chi connectivity index (χ1v) is 5.60. The summed E-state index contributed by atoms with van der Waals surface area (Å²) in [5, 5.41) is 0.809. The van der Waals surface area contributed by atoms with Crippen LogP contribution in [0.2, 0.25) is 5.02 Å². The third-order valence-corrected chi connectivity index (χ3v) is 2.75. The zero-order valence-electron chi connectivity index (χ0n) is 9.17. The monoisotopic (exact) mass is 223 g/mol. The van der Waals surface area contributed by atoms with E-state index in [0.717, 1.165) is 29.8 Å². The quantitative estimate of drug-likeness (QED) is 0.759. The molecule has 82 valence electrons. The Morgan fingerprint density at radius 2 is 2.13 bits per heavy atom. The van der Waals surface area contributed by atoms with E-state index in [2.05, 4.69) is 6.58 Å². The van der Waals surface area contributed by atoms with Crippen LogP contribution in [0, 0.1) is 0 Å². The van der Waals surface area contributed by atoms with Gasteiger partial charge in [-0.1, -0.05) is 35.4 Å². The van der Waals surface area contributed by atoms with Crippen LogP contribution in [0.15, 0.2) is 36.4 Å². The van der Waals surface area contributed by atoms with Gasteiger partial charge in [0.05, 0.1) is 0 Å². The van der Waals surface area contributed by atoms with E-state index in [1.807, 2.05) is 31.2 Å². The summed E-state index contributed by atoms with van der Waals surface area (Å²) in [6.45, 7) is 5.90. The Balaban J connectivity index is 2.47. The van der Waals surface area contributed by atoms with Crippen molar-refractivity contribution in [1.82, 2.24) is 0 Å². The van der Waals surface area contributed by atoms with Crippen molar-refractivity contribution in [2.75, 3.05) is 0 Å². The van der Waals surface area contributed by atoms with E-state index < -0.39 is 0 Å². The van der Waals surface area contributed by atoms with Crippen LogP contribution in [0.25, 0.3) is 0 Å². The highest BCUT2D eigenvalue weighted by molar-refractivity contribution is 6.31. The van der Waals surface area contributed by atoms with Gasteiger partial charge in [0, 0.05) is 11.1 Å². The lowest BCUT2D eigenvalue weighted by atomic mass is 10.0. The Hall–Kier alpha value is -0.790. The lowest BCUT2D eigenvalue weighted by Gasteiger charge is -2.12. The van der Waals surface area contributed by atoms with Gasteiger partial charge in [0.2, 0.25) is 0 Å². The molecule has 1 aromatic rings. The van der Waals surface area contributed by atoms with E-state index in [1.165, 1.54) is 5.57 Å². The largest absolute Gasteiger partial charge is 0.327 e. The lowest BCUT2D eigenvalue weighted by molar-refractivity contribution is 0.609. The number of hydrogen-bond acceptors (Lipinski definition) is 1. The minimum absolute atomic E-state index is 0.168. The molecule has 0 aromatic heterocycles. The summed E-state index contributed by atoms with van der Waals surface area (Å²) in [4.78, 5) is 0. The van der Waals surface area contributed by atoms with E-state index in [-0.39, 0.29) is 6.04 Å². The van der Waals surface area contributed by atoms with Gasteiger partial charge in [0.15, 0.2) is 0 Å². The maximum absolute atomic E-state index is 6.06. The summed E-state index contributed by atoms with van der Waals surface area (Å²) < 4.78 is 0. The average Bonchev–Trinajstić information content (AvgIpc) is 2.18. The minimum atomic E-state index is 0.168. The van der Waals surface area contributed by atoms with Gasteiger partial charge in [-0.2, -0.15) is 0 Å². The number of allylic oxidation sites excluding steroid dienone is 1. The highest BCUT2D eigenvalue weighted by atomic mass is 35.5. The second-order valence-corrected chi connectivity index (χ2v) is 4.46. The molecule has 0 saturated carbocycles. The second-order valence-electron chi connectivity index (χ2n) is 4.05. The highest BCUT2D eigenvalue weighted by Crippen LogP contribution is 2.17. The van der Waals surface area contributed by atoms with Crippen molar-refractivity contribution in [1.29, 1.82) is 0 Å². The van der Waals surface area contributed by atoms with Gasteiger partial charge < -0.3 is 5.73 Å². The van der Waals surface area contributed by atoms with Crippen molar-refractivity contribution < 1.29 is 0 Å². The van der Waals surface area contributed by atoms with Crippen LogP contribution in [0.1, 0.15) is 25.3 Å². The predicted molar refractivity (Wildman–Crippen MR) is 67.2 cm³/mol. The average molecular weight is 224 g/mol. The van der Waals surface area contributed by atoms with Crippen LogP contribution in [0.3, 0.4) is 0 Å². The number of benzene rings is 1. The molecule has 1 rings (SSSR count). The molecule has 0 spiro atoms. The Morgan fingerprint density at radius 1 is 1.47 bits per heavy atom. The Morgan fingerprint density at radius 3 is 2.73 bits per heavy atom. The summed E-state index contributed by atoms with van der Waals surface area (Å²) in [5.74, 6) is 0. The molecule has 2 heteroatoms. The molecule has 0 aliphatic heterocycles. The SMILES string of the molecule is C=C(C)CCC(N)Cc1ccccc1Cl. The van der Waals surface area contributed by atoms with Gasteiger partial charge >= 0.3 is 0 Å². The standard InChI is InChI=1S/C13H18ClN/c1-10(2)7-8-12(15)9-11-5-3-4-6-13(11)14/h3-6,12H,1,7-9,15H2,2H3. The van der Waals surface area contributed by atoms with Gasteiger partial charge in [0.25, 0.3) is 0 Å². The smallest absolute Gasteiger partial charge is 0.0438 e. The van der Waals surface area contributed by atoms with Crippen LogP contribution in [0.5, 0.6) is 0 Å². The molecule has 1 unspecified atom stereocenters. The molecular formula is C13H18ClN. The van der Waals surface area contributed by atoms with Crippen molar-refractivity contribution in [3.63, 3.8) is 0 Å². The fourth-order valence-corrected chi connectivity index (χ4v) is 1.69. The van der Waals surface area contributed by atoms with Crippen LogP contribution < -0.4 is 5.73 Å². The van der Waals surface area contributed by atoms with E-state index in [9.17, 15) is 0 Å². The molecule has 0 aliphatic rings. The Bertz CT molecular complexity index is 333. The van der Waals surface area contributed by atoms with Crippen LogP contribution >= 0.6 is 11.6 Å². The molecule has 2 N–H and O–H groups in total. The second kappa shape index (κ2) is 5.94. The number of rotatable bonds is 5. The molecule has 0 amide bonds. The lowest BCUT2D eigenvalue weighted by Crippen LogP contribution is -2.22. The molecule has 0 radical (unpaired) electrons. The van der Waals surface area contributed by atoms with E-state index in [4.69, 9.17) is 17.3 Å². The normalized spacial score (nSPS) is 12.5. The van der Waals surface area contributed by atoms with Crippen molar-refractivity contribution >= 4 is 11.6 Å². The third kappa shape index (κ3) is 4.50. The first-order valence-electron chi connectivity index (χ1n) is 5.23. The molecule has 1 aromatic carbocycles. The van der Waals surface area contributed by atoms with Crippen LogP contribution in [-0.4, -0.2) is 6.04 Å². The first-order chi connectivity index (χ1) is 7.09. The molecule has 0 saturated heterocycles. The van der Waals surface area contributed by atoms with Crippen LogP contribution in [0.4, 0.5) is 0 Å². The van der Waals surface area contributed by atoms with Gasteiger partial charge in [-0.05, 0) is 37.8 Å². The summed E-state index contributed by atoms with van der Waals surface area (Å²) >= 11 is 6.06. The van der Waals surface area contributed by atoms with Gasteiger partial charge in [-0.25, -0.2) is 0 Å². The highest BCUT2D eigenvalue weighted by Gasteiger charge is 2.06. The summed E-state index contributed by atoms with van der Waals surface area (Å²) in [5.41, 5.74) is 8.34. The molecule has 0 bridgehead atoms. The summed E-state index contributed by atoms with van der Waals surface area (Å²) in [6.07, 6.45) is 2.80. The maximum atomic E-state index is 6.06. The summed E-state index contributed by atoms with van der Waals surface area (Å²) in [7, 11) is 0. The molecule has 0 heterocycles. The first kappa shape index (κ1) is 12.3. The molecule has 0 fully saturated rings. The molecular weight excluding hydrogens is 206 g/mol. The van der Waals surface area contributed by atoms with E-state index >= 15 is 0 Å². The van der Waals surface area contributed by atoms with Gasteiger partial charge in [-0.3, -0.25) is 0 Å². The molecule has 1 atom stereocenters. The molecule has 1 nitrogen and oxygen atoms in total. The fourth-order valence-electron chi connectivity index (χ4n) is 1.48. The van der Waals surface area contributed by atoms with Crippen molar-refractivity contribution in [2.45, 2.75) is 32.2 Å². The van der Waals surface area contributed by atoms with E-state index in [1.54, 1.807) is 0 Å². The zero-order chi connectivity index (χ0) is 11.3. The maximum Gasteiger partial charge on any atom is 0.0438 e. The van der Waals surface area contributed by atoms with Gasteiger partial charge in [-0.15, -0.1) is 6.58 Å². The summed E-state index contributed by atoms with van der Waals surface area (Å²) in [6, 6.07) is 8.03. The fraction of sp³-hybridized carbons (Fsp3) is 0.385. The molecule has 0 aliphatic carbocycles. The minimum Gasteiger partial charge on any atom is -0.327 e. The number of halogens is 1. The predicted octanol–water partition coefficient (Wildman–Crippen LogP) is 3.57. The van der Waals surface area contributed by atoms with Crippen molar-refractivity contribution in [2.24, 2.45) is 5.73 Å². The Labute approximate surface area is 96.9 Å². The Kier molecular flexibility index (Phi) is 4.86. The van der Waals surface area contributed by atoms with Gasteiger partial charge in [0.1, 0.15) is 0 Å². The zero-order valence-corrected chi connectivity index (χ0v) is 9.93. The van der Waals surface area contributed by atoms with E-state index in [0.29, 0.717) is 0 Å². The van der Waals surface area contributed by atoms with Crippen LogP contribution in [-0.2, 0) is 6.42 Å². The molecule has 15 heavy (non-hydrogen) atoms. The third-order valence-electron chi connectivity index (χ3n) is 2.38. The number of hydrogen-bond donors (Lipinski definition) is 1. The number of nitrogens with two attached hydrogens (primary N) is 1.